The van der Waals surface area contributed by atoms with Gasteiger partial charge in [0.2, 0.25) is 0 Å². The highest BCUT2D eigenvalue weighted by atomic mass is 35.5. The summed E-state index contributed by atoms with van der Waals surface area (Å²) >= 11 is 11.9. The molecule has 126 valence electrons. The van der Waals surface area contributed by atoms with Crippen LogP contribution in [0.5, 0.6) is 0 Å². The Kier molecular flexibility index (Phi) is 5.53. The number of hydrazone groups is 1. The minimum atomic E-state index is -0.255. The van der Waals surface area contributed by atoms with Gasteiger partial charge in [0.15, 0.2) is 0 Å². The highest BCUT2D eigenvalue weighted by Gasteiger charge is 2.03. The van der Waals surface area contributed by atoms with Crippen molar-refractivity contribution in [1.82, 2.24) is 5.43 Å². The molecule has 0 aliphatic carbocycles. The Morgan fingerprint density at radius 2 is 1.84 bits per heavy atom. The molecule has 0 unspecified atom stereocenters. The van der Waals surface area contributed by atoms with Crippen LogP contribution in [0.25, 0.3) is 10.8 Å². The summed E-state index contributed by atoms with van der Waals surface area (Å²) in [6, 6.07) is 19.0. The first-order valence-corrected chi connectivity index (χ1v) is 8.38. The van der Waals surface area contributed by atoms with E-state index in [2.05, 4.69) is 15.8 Å². The number of rotatable bonds is 5. The van der Waals surface area contributed by atoms with Crippen LogP contribution in [-0.2, 0) is 4.79 Å². The molecule has 2 N–H and O–H groups in total. The Labute approximate surface area is 155 Å². The van der Waals surface area contributed by atoms with Crippen LogP contribution in [0.2, 0.25) is 10.0 Å². The van der Waals surface area contributed by atoms with E-state index < -0.39 is 0 Å². The number of halogens is 2. The maximum Gasteiger partial charge on any atom is 0.259 e. The quantitative estimate of drug-likeness (QED) is 0.504. The molecule has 0 heterocycles. The van der Waals surface area contributed by atoms with Crippen molar-refractivity contribution in [3.05, 3.63) is 76.3 Å². The third-order valence-electron chi connectivity index (χ3n) is 3.58. The zero-order chi connectivity index (χ0) is 17.6. The fraction of sp³-hybridized carbons (Fsp3) is 0.0526. The van der Waals surface area contributed by atoms with Crippen molar-refractivity contribution >= 4 is 51.8 Å². The van der Waals surface area contributed by atoms with Crippen molar-refractivity contribution in [2.24, 2.45) is 5.10 Å². The first-order chi connectivity index (χ1) is 12.1. The largest absolute Gasteiger partial charge is 0.376 e. The number of hydrogen-bond acceptors (Lipinski definition) is 3. The smallest absolute Gasteiger partial charge is 0.259 e. The number of carbonyl (C=O) groups excluding carboxylic acids is 1. The summed E-state index contributed by atoms with van der Waals surface area (Å²) in [5.41, 5.74) is 4.04. The molecule has 25 heavy (non-hydrogen) atoms. The Balaban J connectivity index is 1.58. The summed E-state index contributed by atoms with van der Waals surface area (Å²) in [4.78, 5) is 11.9. The van der Waals surface area contributed by atoms with Gasteiger partial charge in [-0.15, -0.1) is 0 Å². The number of fused-ring (bicyclic) bond motifs is 1. The Morgan fingerprint density at radius 3 is 2.68 bits per heavy atom. The fourth-order valence-corrected chi connectivity index (χ4v) is 2.83. The Bertz CT molecular complexity index is 936. The molecular weight excluding hydrogens is 357 g/mol. The SMILES string of the molecule is O=C(CNc1cccc2ccccc12)N/N=C\c1ccc(Cl)cc1Cl. The maximum absolute atomic E-state index is 11.9. The van der Waals surface area contributed by atoms with E-state index in [0.717, 1.165) is 16.5 Å². The second-order valence-electron chi connectivity index (χ2n) is 5.34. The topological polar surface area (TPSA) is 53.5 Å². The summed E-state index contributed by atoms with van der Waals surface area (Å²) in [7, 11) is 0. The normalized spacial score (nSPS) is 11.0. The predicted molar refractivity (Wildman–Crippen MR) is 105 cm³/mol. The minimum absolute atomic E-state index is 0.111. The van der Waals surface area contributed by atoms with Crippen molar-refractivity contribution in [1.29, 1.82) is 0 Å². The standard InChI is InChI=1S/C19H15Cl2N3O/c20-15-9-8-14(17(21)10-15)11-23-24-19(25)12-22-18-7-3-5-13-4-1-2-6-16(13)18/h1-11,22H,12H2,(H,24,25)/b23-11-. The van der Waals surface area contributed by atoms with E-state index >= 15 is 0 Å². The van der Waals surface area contributed by atoms with Crippen LogP contribution in [0, 0.1) is 0 Å². The van der Waals surface area contributed by atoms with Gasteiger partial charge in [0.25, 0.3) is 5.91 Å². The predicted octanol–water partition coefficient (Wildman–Crippen LogP) is 4.71. The van der Waals surface area contributed by atoms with Gasteiger partial charge < -0.3 is 5.32 Å². The van der Waals surface area contributed by atoms with E-state index in [1.807, 2.05) is 42.5 Å². The van der Waals surface area contributed by atoms with Crippen LogP contribution in [0.3, 0.4) is 0 Å². The minimum Gasteiger partial charge on any atom is -0.376 e. The molecule has 0 radical (unpaired) electrons. The highest BCUT2D eigenvalue weighted by Crippen LogP contribution is 2.22. The maximum atomic E-state index is 11.9. The molecule has 0 bridgehead atoms. The van der Waals surface area contributed by atoms with Crippen molar-refractivity contribution in [2.75, 3.05) is 11.9 Å². The molecule has 0 aliphatic heterocycles. The van der Waals surface area contributed by atoms with E-state index in [0.29, 0.717) is 15.6 Å². The van der Waals surface area contributed by atoms with Gasteiger partial charge in [-0.25, -0.2) is 5.43 Å². The fourth-order valence-electron chi connectivity index (χ4n) is 2.37. The Morgan fingerprint density at radius 1 is 1.04 bits per heavy atom. The molecule has 0 saturated carbocycles. The molecule has 0 aromatic heterocycles. The molecule has 0 spiro atoms. The number of carbonyl (C=O) groups is 1. The van der Waals surface area contributed by atoms with Crippen molar-refractivity contribution in [2.45, 2.75) is 0 Å². The van der Waals surface area contributed by atoms with E-state index in [9.17, 15) is 4.79 Å². The van der Waals surface area contributed by atoms with Crippen molar-refractivity contribution in [3.63, 3.8) is 0 Å². The van der Waals surface area contributed by atoms with Crippen LogP contribution in [0.15, 0.2) is 65.8 Å². The highest BCUT2D eigenvalue weighted by molar-refractivity contribution is 6.36. The molecule has 3 aromatic carbocycles. The van der Waals surface area contributed by atoms with E-state index in [1.165, 1.54) is 6.21 Å². The molecular formula is C19H15Cl2N3O. The summed E-state index contributed by atoms with van der Waals surface area (Å²) in [5.74, 6) is -0.255. The third-order valence-corrected chi connectivity index (χ3v) is 4.15. The van der Waals surface area contributed by atoms with Crippen LogP contribution in [0.4, 0.5) is 5.69 Å². The van der Waals surface area contributed by atoms with Gasteiger partial charge in [-0.1, -0.05) is 65.7 Å². The average Bonchev–Trinajstić information content (AvgIpc) is 2.62. The number of amides is 1. The molecule has 1 amide bonds. The van der Waals surface area contributed by atoms with Gasteiger partial charge >= 0.3 is 0 Å². The second-order valence-corrected chi connectivity index (χ2v) is 6.18. The zero-order valence-electron chi connectivity index (χ0n) is 13.2. The second kappa shape index (κ2) is 8.01. The van der Waals surface area contributed by atoms with Crippen LogP contribution in [0.1, 0.15) is 5.56 Å². The monoisotopic (exact) mass is 371 g/mol. The molecule has 3 aromatic rings. The Hall–Kier alpha value is -2.56. The molecule has 0 atom stereocenters. The first-order valence-electron chi connectivity index (χ1n) is 7.62. The number of anilines is 1. The molecule has 4 nitrogen and oxygen atoms in total. The number of hydrogen-bond donors (Lipinski definition) is 2. The molecule has 3 rings (SSSR count). The van der Waals surface area contributed by atoms with E-state index in [4.69, 9.17) is 23.2 Å². The van der Waals surface area contributed by atoms with Gasteiger partial charge in [-0.3, -0.25) is 4.79 Å². The lowest BCUT2D eigenvalue weighted by Crippen LogP contribution is -2.25. The summed E-state index contributed by atoms with van der Waals surface area (Å²) in [6.45, 7) is 0.111. The summed E-state index contributed by atoms with van der Waals surface area (Å²) in [5, 5.41) is 10.2. The number of nitrogens with zero attached hydrogens (tertiary/aromatic N) is 1. The lowest BCUT2D eigenvalue weighted by molar-refractivity contribution is -0.119. The summed E-state index contributed by atoms with van der Waals surface area (Å²) < 4.78 is 0. The van der Waals surface area contributed by atoms with E-state index in [-0.39, 0.29) is 12.5 Å². The first kappa shape index (κ1) is 17.3. The average molecular weight is 372 g/mol. The van der Waals surface area contributed by atoms with Gasteiger partial charge in [-0.2, -0.15) is 5.10 Å². The van der Waals surface area contributed by atoms with E-state index in [1.54, 1.807) is 18.2 Å². The van der Waals surface area contributed by atoms with Gasteiger partial charge in [0, 0.05) is 21.7 Å². The lowest BCUT2D eigenvalue weighted by Gasteiger charge is -2.08. The van der Waals surface area contributed by atoms with Crippen LogP contribution < -0.4 is 10.7 Å². The lowest BCUT2D eigenvalue weighted by atomic mass is 10.1. The molecule has 0 aliphatic rings. The van der Waals surface area contributed by atoms with Gasteiger partial charge in [0.1, 0.15) is 0 Å². The molecule has 6 heteroatoms. The molecule has 0 fully saturated rings. The number of benzene rings is 3. The summed E-state index contributed by atoms with van der Waals surface area (Å²) in [6.07, 6.45) is 1.48. The van der Waals surface area contributed by atoms with Crippen LogP contribution in [-0.4, -0.2) is 18.7 Å². The van der Waals surface area contributed by atoms with Crippen LogP contribution >= 0.6 is 23.2 Å². The third kappa shape index (κ3) is 4.50. The number of nitrogens with one attached hydrogen (secondary N) is 2. The van der Waals surface area contributed by atoms with Gasteiger partial charge in [0.05, 0.1) is 17.8 Å². The zero-order valence-corrected chi connectivity index (χ0v) is 14.7. The van der Waals surface area contributed by atoms with Crippen molar-refractivity contribution < 1.29 is 4.79 Å². The molecule has 0 saturated heterocycles. The van der Waals surface area contributed by atoms with Gasteiger partial charge in [-0.05, 0) is 23.6 Å². The van der Waals surface area contributed by atoms with Crippen molar-refractivity contribution in [3.8, 4) is 0 Å².